The minimum atomic E-state index is 0.357. The van der Waals surface area contributed by atoms with Crippen molar-refractivity contribution in [1.29, 1.82) is 0 Å². The molecule has 0 aliphatic carbocycles. The number of rotatable bonds is 2. The van der Waals surface area contributed by atoms with Crippen LogP contribution in [0.15, 0.2) is 17.5 Å². The summed E-state index contributed by atoms with van der Waals surface area (Å²) in [5, 5.41) is 2.11. The van der Waals surface area contributed by atoms with Crippen molar-refractivity contribution in [2.24, 2.45) is 0 Å². The van der Waals surface area contributed by atoms with Gasteiger partial charge >= 0.3 is 0 Å². The number of nitrogens with two attached hydrogens (primary N) is 1. The second-order valence-corrected chi connectivity index (χ2v) is 4.36. The van der Waals surface area contributed by atoms with Crippen molar-refractivity contribution in [3.8, 4) is 10.6 Å². The highest BCUT2D eigenvalue weighted by Crippen LogP contribution is 2.26. The molecule has 2 N–H and O–H groups in total. The summed E-state index contributed by atoms with van der Waals surface area (Å²) in [5.74, 6) is 0.357. The molecule has 2 aromatic heterocycles. The van der Waals surface area contributed by atoms with Crippen LogP contribution in [0.3, 0.4) is 0 Å². The van der Waals surface area contributed by atoms with Crippen LogP contribution in [0.1, 0.15) is 18.2 Å². The Kier molecular flexibility index (Phi) is 2.68. The zero-order valence-corrected chi connectivity index (χ0v) is 9.64. The van der Waals surface area contributed by atoms with Gasteiger partial charge in [0.1, 0.15) is 0 Å². The summed E-state index contributed by atoms with van der Waals surface area (Å²) >= 11 is 1.68. The van der Waals surface area contributed by atoms with E-state index >= 15 is 0 Å². The normalized spacial score (nSPS) is 10.5. The van der Waals surface area contributed by atoms with E-state index in [1.165, 1.54) is 5.56 Å². The van der Waals surface area contributed by atoms with Gasteiger partial charge in [0.15, 0.2) is 0 Å². The van der Waals surface area contributed by atoms with Crippen LogP contribution >= 0.6 is 11.3 Å². The summed E-state index contributed by atoms with van der Waals surface area (Å²) in [6.07, 6.45) is 0.879. The summed E-state index contributed by atoms with van der Waals surface area (Å²) in [6, 6.07) is 4.12. The van der Waals surface area contributed by atoms with Crippen LogP contribution < -0.4 is 5.73 Å². The van der Waals surface area contributed by atoms with Crippen molar-refractivity contribution in [1.82, 2.24) is 9.97 Å². The Morgan fingerprint density at radius 1 is 1.33 bits per heavy atom. The lowest BCUT2D eigenvalue weighted by molar-refractivity contribution is 1.01. The van der Waals surface area contributed by atoms with Gasteiger partial charge in [-0.25, -0.2) is 9.97 Å². The van der Waals surface area contributed by atoms with Gasteiger partial charge in [0, 0.05) is 5.69 Å². The molecule has 3 nitrogen and oxygen atoms in total. The minimum Gasteiger partial charge on any atom is -0.368 e. The first-order valence-corrected chi connectivity index (χ1v) is 5.76. The minimum absolute atomic E-state index is 0.357. The zero-order valence-electron chi connectivity index (χ0n) is 8.82. The molecule has 2 aromatic rings. The fourth-order valence-corrected chi connectivity index (χ4v) is 2.25. The Morgan fingerprint density at radius 3 is 2.73 bits per heavy atom. The Balaban J connectivity index is 2.48. The predicted octanol–water partition coefficient (Wildman–Crippen LogP) is 2.66. The number of hydrogen-bond acceptors (Lipinski definition) is 4. The molecular weight excluding hydrogens is 206 g/mol. The lowest BCUT2D eigenvalue weighted by atomic mass is 10.2. The molecule has 4 heteroatoms. The topological polar surface area (TPSA) is 51.8 Å². The van der Waals surface area contributed by atoms with Gasteiger partial charge in [0.2, 0.25) is 5.95 Å². The van der Waals surface area contributed by atoms with Crippen LogP contribution in [0.5, 0.6) is 0 Å². The van der Waals surface area contributed by atoms with Crippen molar-refractivity contribution in [3.05, 3.63) is 28.8 Å². The van der Waals surface area contributed by atoms with E-state index in [9.17, 15) is 0 Å². The fraction of sp³-hybridized carbons (Fsp3) is 0.273. The number of aromatic nitrogens is 2. The number of hydrogen-bond donors (Lipinski definition) is 1. The number of nitrogen functional groups attached to an aromatic ring is 1. The van der Waals surface area contributed by atoms with Gasteiger partial charge in [-0.2, -0.15) is 0 Å². The maximum absolute atomic E-state index is 5.66. The molecule has 15 heavy (non-hydrogen) atoms. The zero-order chi connectivity index (χ0) is 10.8. The first-order chi connectivity index (χ1) is 7.19. The molecule has 0 amide bonds. The molecule has 2 rings (SSSR count). The molecule has 0 saturated heterocycles. The van der Waals surface area contributed by atoms with Crippen molar-refractivity contribution in [3.63, 3.8) is 0 Å². The van der Waals surface area contributed by atoms with Crippen LogP contribution in [-0.2, 0) is 6.42 Å². The summed E-state index contributed by atoms with van der Waals surface area (Å²) in [5.41, 5.74) is 8.83. The van der Waals surface area contributed by atoms with Gasteiger partial charge in [0.05, 0.1) is 10.6 Å². The van der Waals surface area contributed by atoms with Crippen LogP contribution in [-0.4, -0.2) is 9.97 Å². The molecule has 0 radical (unpaired) electrons. The predicted molar refractivity (Wildman–Crippen MR) is 63.9 cm³/mol. The number of nitrogens with zero attached hydrogens (tertiary/aromatic N) is 2. The molecule has 0 bridgehead atoms. The van der Waals surface area contributed by atoms with Gasteiger partial charge in [-0.05, 0) is 36.4 Å². The third-order valence-corrected chi connectivity index (χ3v) is 3.21. The van der Waals surface area contributed by atoms with Crippen molar-refractivity contribution >= 4 is 17.3 Å². The summed E-state index contributed by atoms with van der Waals surface area (Å²) in [7, 11) is 0. The van der Waals surface area contributed by atoms with Crippen LogP contribution in [0.25, 0.3) is 10.6 Å². The highest BCUT2D eigenvalue weighted by atomic mass is 32.1. The standard InChI is InChI=1S/C11H13N3S/c1-3-8-5-9(14-11(12)13-8)10-4-7(2)6-15-10/h4-6H,3H2,1-2H3,(H2,12,13,14). The monoisotopic (exact) mass is 219 g/mol. The van der Waals surface area contributed by atoms with E-state index in [0.717, 1.165) is 22.7 Å². The van der Waals surface area contributed by atoms with E-state index in [1.807, 2.05) is 6.07 Å². The van der Waals surface area contributed by atoms with E-state index in [2.05, 4.69) is 35.3 Å². The summed E-state index contributed by atoms with van der Waals surface area (Å²) < 4.78 is 0. The molecule has 0 unspecified atom stereocenters. The Hall–Kier alpha value is -1.42. The fourth-order valence-electron chi connectivity index (χ4n) is 1.39. The van der Waals surface area contributed by atoms with Crippen LogP contribution in [0.2, 0.25) is 0 Å². The first-order valence-electron chi connectivity index (χ1n) is 4.88. The first kappa shape index (κ1) is 10.1. The van der Waals surface area contributed by atoms with E-state index in [-0.39, 0.29) is 0 Å². The molecule has 78 valence electrons. The quantitative estimate of drug-likeness (QED) is 0.844. The maximum atomic E-state index is 5.66. The van der Waals surface area contributed by atoms with E-state index in [0.29, 0.717) is 5.95 Å². The van der Waals surface area contributed by atoms with Crippen molar-refractivity contribution < 1.29 is 0 Å². The van der Waals surface area contributed by atoms with Crippen LogP contribution in [0.4, 0.5) is 5.95 Å². The summed E-state index contributed by atoms with van der Waals surface area (Å²) in [6.45, 7) is 4.14. The lowest BCUT2D eigenvalue weighted by Crippen LogP contribution is -1.99. The number of thiophene rings is 1. The van der Waals surface area contributed by atoms with Gasteiger partial charge in [-0.3, -0.25) is 0 Å². The molecule has 0 aliphatic rings. The molecule has 0 saturated carbocycles. The van der Waals surface area contributed by atoms with E-state index in [4.69, 9.17) is 5.73 Å². The van der Waals surface area contributed by atoms with E-state index < -0.39 is 0 Å². The Morgan fingerprint density at radius 2 is 2.13 bits per heavy atom. The smallest absolute Gasteiger partial charge is 0.220 e. The molecule has 0 aromatic carbocycles. The van der Waals surface area contributed by atoms with Crippen LogP contribution in [0, 0.1) is 6.92 Å². The largest absolute Gasteiger partial charge is 0.368 e. The lowest BCUT2D eigenvalue weighted by Gasteiger charge is -2.01. The third-order valence-electron chi connectivity index (χ3n) is 2.14. The molecule has 0 atom stereocenters. The second-order valence-electron chi connectivity index (χ2n) is 3.44. The number of aryl methyl sites for hydroxylation is 2. The van der Waals surface area contributed by atoms with Gasteiger partial charge < -0.3 is 5.73 Å². The molecular formula is C11H13N3S. The second kappa shape index (κ2) is 3.98. The SMILES string of the molecule is CCc1cc(-c2cc(C)cs2)nc(N)n1. The molecule has 2 heterocycles. The average molecular weight is 219 g/mol. The highest BCUT2D eigenvalue weighted by molar-refractivity contribution is 7.13. The average Bonchev–Trinajstić information content (AvgIpc) is 2.64. The van der Waals surface area contributed by atoms with Gasteiger partial charge in [0.25, 0.3) is 0 Å². The molecule has 0 spiro atoms. The third kappa shape index (κ3) is 2.15. The molecule has 0 fully saturated rings. The van der Waals surface area contributed by atoms with Gasteiger partial charge in [-0.15, -0.1) is 11.3 Å². The van der Waals surface area contributed by atoms with Crippen molar-refractivity contribution in [2.75, 3.05) is 5.73 Å². The number of anilines is 1. The molecule has 0 aliphatic heterocycles. The Labute approximate surface area is 93.0 Å². The Bertz CT molecular complexity index is 476. The highest BCUT2D eigenvalue weighted by Gasteiger charge is 2.05. The summed E-state index contributed by atoms with van der Waals surface area (Å²) in [4.78, 5) is 9.55. The maximum Gasteiger partial charge on any atom is 0.220 e. The van der Waals surface area contributed by atoms with E-state index in [1.54, 1.807) is 11.3 Å². The van der Waals surface area contributed by atoms with Crippen molar-refractivity contribution in [2.45, 2.75) is 20.3 Å². The van der Waals surface area contributed by atoms with Gasteiger partial charge in [-0.1, -0.05) is 6.92 Å².